The number of methoxy groups -OCH3 is 1. The summed E-state index contributed by atoms with van der Waals surface area (Å²) in [4.78, 5) is 11.6. The third kappa shape index (κ3) is 1.47. The van der Waals surface area contributed by atoms with Gasteiger partial charge in [0, 0.05) is 0 Å². The molecule has 80 valence electrons. The highest BCUT2D eigenvalue weighted by atomic mass is 16.5. The van der Waals surface area contributed by atoms with Crippen LogP contribution in [-0.2, 0) is 19.7 Å². The van der Waals surface area contributed by atoms with Crippen LogP contribution >= 0.6 is 0 Å². The molecule has 1 heterocycles. The monoisotopic (exact) mass is 208 g/mol. The Balaban J connectivity index is 2.34. The molecule has 0 saturated carbocycles. The van der Waals surface area contributed by atoms with Gasteiger partial charge in [0.25, 0.3) is 0 Å². The smallest absolute Gasteiger partial charge is 0.321 e. The first-order valence-corrected chi connectivity index (χ1v) is 4.65. The zero-order valence-electron chi connectivity index (χ0n) is 8.40. The van der Waals surface area contributed by atoms with Gasteiger partial charge in [0.1, 0.15) is 11.2 Å². The van der Waals surface area contributed by atoms with Gasteiger partial charge in [0.15, 0.2) is 0 Å². The number of aromatic hydroxyl groups is 1. The maximum atomic E-state index is 11.6. The largest absolute Gasteiger partial charge is 0.508 e. The Hall–Kier alpha value is -1.55. The predicted molar refractivity (Wildman–Crippen MR) is 52.6 cm³/mol. The summed E-state index contributed by atoms with van der Waals surface area (Å²) in [5.74, 6) is -0.113. The summed E-state index contributed by atoms with van der Waals surface area (Å²) in [5.41, 5.74) is 0.140. The molecular formula is C11H12O4. The van der Waals surface area contributed by atoms with E-state index < -0.39 is 5.41 Å². The minimum absolute atomic E-state index is 0.180. The molecule has 1 saturated heterocycles. The van der Waals surface area contributed by atoms with E-state index in [1.807, 2.05) is 0 Å². The molecule has 0 spiro atoms. The normalized spacial score (nSPS) is 17.9. The molecule has 1 aliphatic rings. The van der Waals surface area contributed by atoms with Gasteiger partial charge in [-0.2, -0.15) is 0 Å². The number of phenols is 1. The highest BCUT2D eigenvalue weighted by Crippen LogP contribution is 2.34. The van der Waals surface area contributed by atoms with Gasteiger partial charge in [-0.05, 0) is 17.7 Å². The van der Waals surface area contributed by atoms with E-state index in [1.54, 1.807) is 24.3 Å². The van der Waals surface area contributed by atoms with Gasteiger partial charge in [-0.15, -0.1) is 0 Å². The molecule has 0 aliphatic carbocycles. The SMILES string of the molecule is COC(=O)C1(c2ccc(O)cc2)COC1. The van der Waals surface area contributed by atoms with Crippen molar-refractivity contribution < 1.29 is 19.4 Å². The molecule has 15 heavy (non-hydrogen) atoms. The maximum absolute atomic E-state index is 11.6. The Morgan fingerprint density at radius 3 is 2.40 bits per heavy atom. The molecule has 2 rings (SSSR count). The Kier molecular flexibility index (Phi) is 2.36. The number of ether oxygens (including phenoxy) is 2. The van der Waals surface area contributed by atoms with Gasteiger partial charge < -0.3 is 14.6 Å². The molecule has 0 atom stereocenters. The van der Waals surface area contributed by atoms with Crippen molar-refractivity contribution in [2.45, 2.75) is 5.41 Å². The van der Waals surface area contributed by atoms with Gasteiger partial charge in [0.05, 0.1) is 20.3 Å². The molecular weight excluding hydrogens is 196 g/mol. The molecule has 4 nitrogen and oxygen atoms in total. The van der Waals surface area contributed by atoms with E-state index in [1.165, 1.54) is 7.11 Å². The quantitative estimate of drug-likeness (QED) is 0.731. The lowest BCUT2D eigenvalue weighted by Crippen LogP contribution is -2.53. The molecule has 1 aliphatic heterocycles. The lowest BCUT2D eigenvalue weighted by Gasteiger charge is -2.38. The number of benzene rings is 1. The number of hydrogen-bond acceptors (Lipinski definition) is 4. The van der Waals surface area contributed by atoms with Crippen LogP contribution < -0.4 is 0 Å². The zero-order valence-corrected chi connectivity index (χ0v) is 8.40. The molecule has 1 N–H and O–H groups in total. The predicted octanol–water partition coefficient (Wildman–Crippen LogP) is 0.833. The van der Waals surface area contributed by atoms with Crippen LogP contribution in [-0.4, -0.2) is 31.4 Å². The summed E-state index contributed by atoms with van der Waals surface area (Å²) in [6.07, 6.45) is 0. The lowest BCUT2D eigenvalue weighted by atomic mass is 9.78. The standard InChI is InChI=1S/C11H12O4/c1-14-10(13)11(6-15-7-11)8-2-4-9(12)5-3-8/h2-5,12H,6-7H2,1H3. The Bertz CT molecular complexity index is 365. The average Bonchev–Trinajstić information content (AvgIpc) is 2.19. The number of carbonyl (C=O) groups excluding carboxylic acids is 1. The second-order valence-electron chi connectivity index (χ2n) is 3.61. The molecule has 0 bridgehead atoms. The van der Waals surface area contributed by atoms with Crippen LogP contribution in [0.2, 0.25) is 0 Å². The fraction of sp³-hybridized carbons (Fsp3) is 0.364. The van der Waals surface area contributed by atoms with E-state index >= 15 is 0 Å². The fourth-order valence-electron chi connectivity index (χ4n) is 1.68. The molecule has 0 radical (unpaired) electrons. The van der Waals surface area contributed by atoms with Crippen LogP contribution in [0.25, 0.3) is 0 Å². The zero-order chi connectivity index (χ0) is 10.9. The van der Waals surface area contributed by atoms with Crippen molar-refractivity contribution in [3.8, 4) is 5.75 Å². The van der Waals surface area contributed by atoms with Crippen LogP contribution in [0.4, 0.5) is 0 Å². The van der Waals surface area contributed by atoms with Crippen LogP contribution in [0.1, 0.15) is 5.56 Å². The first kappa shape index (κ1) is 9.98. The average molecular weight is 208 g/mol. The Morgan fingerprint density at radius 1 is 1.40 bits per heavy atom. The first-order valence-electron chi connectivity index (χ1n) is 4.65. The van der Waals surface area contributed by atoms with Crippen LogP contribution in [0.15, 0.2) is 24.3 Å². The second kappa shape index (κ2) is 3.55. The lowest BCUT2D eigenvalue weighted by molar-refractivity contribution is -0.166. The maximum Gasteiger partial charge on any atom is 0.321 e. The van der Waals surface area contributed by atoms with Crippen molar-refractivity contribution in [1.29, 1.82) is 0 Å². The number of esters is 1. The molecule has 0 amide bonds. The third-order valence-electron chi connectivity index (χ3n) is 2.69. The Labute approximate surface area is 87.4 Å². The van der Waals surface area contributed by atoms with Crippen LogP contribution in [0.5, 0.6) is 5.75 Å². The number of hydrogen-bond donors (Lipinski definition) is 1. The highest BCUT2D eigenvalue weighted by molar-refractivity contribution is 5.84. The van der Waals surface area contributed by atoms with Crippen molar-refractivity contribution >= 4 is 5.97 Å². The minimum Gasteiger partial charge on any atom is -0.508 e. The van der Waals surface area contributed by atoms with E-state index in [2.05, 4.69) is 0 Å². The van der Waals surface area contributed by atoms with Crippen molar-refractivity contribution in [1.82, 2.24) is 0 Å². The fourth-order valence-corrected chi connectivity index (χ4v) is 1.68. The van der Waals surface area contributed by atoms with Gasteiger partial charge in [-0.25, -0.2) is 0 Å². The number of rotatable bonds is 2. The van der Waals surface area contributed by atoms with Crippen LogP contribution in [0.3, 0.4) is 0 Å². The summed E-state index contributed by atoms with van der Waals surface area (Å²) < 4.78 is 9.84. The van der Waals surface area contributed by atoms with Crippen LogP contribution in [0, 0.1) is 0 Å². The first-order chi connectivity index (χ1) is 7.19. The Morgan fingerprint density at radius 2 is 2.00 bits per heavy atom. The molecule has 0 aromatic heterocycles. The van der Waals surface area contributed by atoms with Gasteiger partial charge in [-0.1, -0.05) is 12.1 Å². The van der Waals surface area contributed by atoms with Crippen molar-refractivity contribution in [3.05, 3.63) is 29.8 Å². The van der Waals surface area contributed by atoms with E-state index in [-0.39, 0.29) is 11.7 Å². The molecule has 1 fully saturated rings. The second-order valence-corrected chi connectivity index (χ2v) is 3.61. The van der Waals surface area contributed by atoms with Crippen molar-refractivity contribution in [3.63, 3.8) is 0 Å². The summed E-state index contributed by atoms with van der Waals surface area (Å²) in [7, 11) is 1.36. The minimum atomic E-state index is -0.678. The molecule has 1 aromatic rings. The summed E-state index contributed by atoms with van der Waals surface area (Å²) >= 11 is 0. The number of phenolic OH excluding ortho intramolecular Hbond substituents is 1. The van der Waals surface area contributed by atoms with Gasteiger partial charge in [0.2, 0.25) is 0 Å². The van der Waals surface area contributed by atoms with Crippen molar-refractivity contribution in [2.24, 2.45) is 0 Å². The summed E-state index contributed by atoms with van der Waals surface area (Å²) in [6, 6.07) is 6.54. The summed E-state index contributed by atoms with van der Waals surface area (Å²) in [6.45, 7) is 0.675. The third-order valence-corrected chi connectivity index (χ3v) is 2.69. The topological polar surface area (TPSA) is 55.8 Å². The summed E-state index contributed by atoms with van der Waals surface area (Å²) in [5, 5.41) is 9.16. The number of carbonyl (C=O) groups is 1. The van der Waals surface area contributed by atoms with Gasteiger partial charge in [-0.3, -0.25) is 4.79 Å². The molecule has 1 aromatic carbocycles. The van der Waals surface area contributed by atoms with Crippen molar-refractivity contribution in [2.75, 3.05) is 20.3 Å². The van der Waals surface area contributed by atoms with E-state index in [0.29, 0.717) is 13.2 Å². The molecule has 4 heteroatoms. The highest BCUT2D eigenvalue weighted by Gasteiger charge is 2.48. The van der Waals surface area contributed by atoms with E-state index in [9.17, 15) is 4.79 Å². The molecule has 0 unspecified atom stereocenters. The van der Waals surface area contributed by atoms with E-state index in [4.69, 9.17) is 14.6 Å². The van der Waals surface area contributed by atoms with Gasteiger partial charge >= 0.3 is 5.97 Å². The van der Waals surface area contributed by atoms with E-state index in [0.717, 1.165) is 5.56 Å².